The van der Waals surface area contributed by atoms with Crippen molar-refractivity contribution in [1.29, 1.82) is 0 Å². The van der Waals surface area contributed by atoms with E-state index in [1.54, 1.807) is 15.9 Å². The molecule has 2 heterocycles. The number of nitrogens with one attached hydrogen (secondary N) is 1. The van der Waals surface area contributed by atoms with Gasteiger partial charge in [0, 0.05) is 17.5 Å². The summed E-state index contributed by atoms with van der Waals surface area (Å²) < 4.78 is 1.76. The third-order valence-corrected chi connectivity index (χ3v) is 6.86. The van der Waals surface area contributed by atoms with Gasteiger partial charge in [-0.2, -0.15) is 0 Å². The minimum absolute atomic E-state index is 0.00187. The van der Waals surface area contributed by atoms with Crippen LogP contribution in [0.25, 0.3) is 10.2 Å². The number of hydrogen-bond donors (Lipinski definition) is 1. The van der Waals surface area contributed by atoms with E-state index in [1.165, 1.54) is 22.2 Å². The van der Waals surface area contributed by atoms with Gasteiger partial charge in [0.1, 0.15) is 4.83 Å². The van der Waals surface area contributed by atoms with E-state index in [2.05, 4.69) is 19.2 Å². The smallest absolute Gasteiger partial charge is 0.263 e. The Labute approximate surface area is 162 Å². The molecule has 0 spiro atoms. The molecule has 1 unspecified atom stereocenters. The molecule has 26 heavy (non-hydrogen) atoms. The van der Waals surface area contributed by atoms with Crippen molar-refractivity contribution in [2.45, 2.75) is 77.0 Å². The van der Waals surface area contributed by atoms with Crippen LogP contribution in [-0.4, -0.2) is 27.3 Å². The molecular formula is C19H27N3O2S2. The topological polar surface area (TPSA) is 64.0 Å². The molecule has 5 nitrogen and oxygen atoms in total. The predicted molar refractivity (Wildman–Crippen MR) is 109 cm³/mol. The molecule has 1 amide bonds. The summed E-state index contributed by atoms with van der Waals surface area (Å²) in [7, 11) is 0. The fourth-order valence-electron chi connectivity index (χ4n) is 3.54. The molecular weight excluding hydrogens is 366 g/mol. The first-order valence-corrected chi connectivity index (χ1v) is 11.3. The number of hydrogen-bond acceptors (Lipinski definition) is 5. The third kappa shape index (κ3) is 3.98. The largest absolute Gasteiger partial charge is 0.353 e. The number of carbonyl (C=O) groups is 1. The Morgan fingerprint density at radius 3 is 2.88 bits per heavy atom. The monoisotopic (exact) mass is 393 g/mol. The van der Waals surface area contributed by atoms with Crippen LogP contribution in [0.2, 0.25) is 0 Å². The molecule has 0 fully saturated rings. The lowest BCUT2D eigenvalue weighted by molar-refractivity contribution is -0.119. The Bertz CT molecular complexity index is 857. The van der Waals surface area contributed by atoms with Gasteiger partial charge in [0.05, 0.1) is 11.1 Å². The maximum atomic E-state index is 13.1. The van der Waals surface area contributed by atoms with Crippen LogP contribution in [0.5, 0.6) is 0 Å². The van der Waals surface area contributed by atoms with Crippen molar-refractivity contribution < 1.29 is 4.79 Å². The second-order valence-electron chi connectivity index (χ2n) is 6.93. The molecule has 0 aromatic carbocycles. The van der Waals surface area contributed by atoms with Gasteiger partial charge < -0.3 is 5.32 Å². The van der Waals surface area contributed by atoms with Gasteiger partial charge in [0.2, 0.25) is 5.91 Å². The highest BCUT2D eigenvalue weighted by atomic mass is 32.2. The summed E-state index contributed by atoms with van der Waals surface area (Å²) in [5, 5.41) is 4.50. The second kappa shape index (κ2) is 8.57. The molecule has 0 saturated heterocycles. The van der Waals surface area contributed by atoms with Gasteiger partial charge in [-0.1, -0.05) is 32.0 Å². The molecule has 1 N–H and O–H groups in total. The van der Waals surface area contributed by atoms with Gasteiger partial charge in [-0.05, 0) is 44.6 Å². The summed E-state index contributed by atoms with van der Waals surface area (Å²) >= 11 is 3.03. The molecule has 1 aliphatic carbocycles. The Kier molecular flexibility index (Phi) is 6.40. The summed E-state index contributed by atoms with van der Waals surface area (Å²) in [4.78, 5) is 32.2. The lowest BCUT2D eigenvalue weighted by atomic mass is 10.2. The van der Waals surface area contributed by atoms with E-state index in [-0.39, 0.29) is 17.5 Å². The van der Waals surface area contributed by atoms with Crippen molar-refractivity contribution in [2.24, 2.45) is 0 Å². The number of fused-ring (bicyclic) bond motifs is 3. The first-order valence-electron chi connectivity index (χ1n) is 9.52. The van der Waals surface area contributed by atoms with Crippen molar-refractivity contribution in [3.05, 3.63) is 20.8 Å². The van der Waals surface area contributed by atoms with E-state index >= 15 is 0 Å². The van der Waals surface area contributed by atoms with Crippen LogP contribution in [0.3, 0.4) is 0 Å². The molecule has 2 aromatic heterocycles. The lowest BCUT2D eigenvalue weighted by Gasteiger charge is -2.14. The summed E-state index contributed by atoms with van der Waals surface area (Å²) in [5.41, 5.74) is 1.29. The van der Waals surface area contributed by atoms with Gasteiger partial charge in [-0.25, -0.2) is 4.98 Å². The van der Waals surface area contributed by atoms with Crippen LogP contribution >= 0.6 is 23.1 Å². The summed E-state index contributed by atoms with van der Waals surface area (Å²) in [6, 6.07) is 0.182. The third-order valence-electron chi connectivity index (χ3n) is 4.70. The number of carbonyl (C=O) groups excluding carboxylic acids is 1. The fraction of sp³-hybridized carbons (Fsp3) is 0.632. The Morgan fingerprint density at radius 1 is 1.35 bits per heavy atom. The molecule has 142 valence electrons. The Hall–Kier alpha value is -1.34. The number of amides is 1. The fourth-order valence-corrected chi connectivity index (χ4v) is 5.68. The van der Waals surface area contributed by atoms with E-state index in [9.17, 15) is 9.59 Å². The molecule has 2 aromatic rings. The molecule has 1 aliphatic rings. The second-order valence-corrected chi connectivity index (χ2v) is 8.96. The van der Waals surface area contributed by atoms with Crippen molar-refractivity contribution >= 4 is 39.2 Å². The molecule has 0 saturated carbocycles. The van der Waals surface area contributed by atoms with Crippen molar-refractivity contribution in [1.82, 2.24) is 14.9 Å². The van der Waals surface area contributed by atoms with Crippen LogP contribution in [0.4, 0.5) is 0 Å². The van der Waals surface area contributed by atoms with Gasteiger partial charge >= 0.3 is 0 Å². The highest BCUT2D eigenvalue weighted by Crippen LogP contribution is 2.35. The average molecular weight is 394 g/mol. The lowest BCUT2D eigenvalue weighted by Crippen LogP contribution is -2.34. The van der Waals surface area contributed by atoms with Gasteiger partial charge in [0.15, 0.2) is 5.16 Å². The normalized spacial score (nSPS) is 14.6. The van der Waals surface area contributed by atoms with Crippen molar-refractivity contribution in [2.75, 3.05) is 5.75 Å². The number of rotatable bonds is 8. The standard InChI is InChI=1S/C19H27N3O2S2/c1-4-7-12(3)20-15(23)11-25-19-21-17-16(18(24)22(19)10-5-2)13-8-6-9-14(13)26-17/h12H,4-11H2,1-3H3,(H,20,23). The molecule has 1 atom stereocenters. The van der Waals surface area contributed by atoms with Gasteiger partial charge in [-0.3, -0.25) is 14.2 Å². The minimum atomic E-state index is 0.00187. The molecule has 7 heteroatoms. The maximum absolute atomic E-state index is 13.1. The molecule has 0 radical (unpaired) electrons. The van der Waals surface area contributed by atoms with Crippen LogP contribution in [0.1, 0.15) is 56.9 Å². The number of thiophene rings is 1. The summed E-state index contributed by atoms with van der Waals surface area (Å²) in [5.74, 6) is 0.294. The van der Waals surface area contributed by atoms with E-state index in [0.29, 0.717) is 17.5 Å². The molecule has 0 bridgehead atoms. The minimum Gasteiger partial charge on any atom is -0.353 e. The summed E-state index contributed by atoms with van der Waals surface area (Å²) in [6.45, 7) is 6.83. The first kappa shape index (κ1) is 19.4. The first-order chi connectivity index (χ1) is 12.5. The van der Waals surface area contributed by atoms with Gasteiger partial charge in [-0.15, -0.1) is 11.3 Å². The number of thioether (sulfide) groups is 1. The average Bonchev–Trinajstić information content (AvgIpc) is 3.16. The van der Waals surface area contributed by atoms with Crippen LogP contribution in [0, 0.1) is 0 Å². The molecule has 0 aliphatic heterocycles. The number of nitrogens with zero attached hydrogens (tertiary/aromatic N) is 2. The zero-order valence-electron chi connectivity index (χ0n) is 15.8. The van der Waals surface area contributed by atoms with Crippen LogP contribution in [0.15, 0.2) is 9.95 Å². The van der Waals surface area contributed by atoms with Crippen LogP contribution in [-0.2, 0) is 24.2 Å². The number of aryl methyl sites for hydroxylation is 2. The SMILES string of the molecule is CCCC(C)NC(=O)CSc1nc2sc3c(c2c(=O)n1CCC)CCC3. The van der Waals surface area contributed by atoms with E-state index in [4.69, 9.17) is 4.98 Å². The van der Waals surface area contributed by atoms with Crippen molar-refractivity contribution in [3.8, 4) is 0 Å². The summed E-state index contributed by atoms with van der Waals surface area (Å²) in [6.07, 6.45) is 6.07. The highest BCUT2D eigenvalue weighted by Gasteiger charge is 2.23. The van der Waals surface area contributed by atoms with Crippen molar-refractivity contribution in [3.63, 3.8) is 0 Å². The predicted octanol–water partition coefficient (Wildman–Crippen LogP) is 3.75. The van der Waals surface area contributed by atoms with Crippen LogP contribution < -0.4 is 10.9 Å². The Balaban J connectivity index is 1.84. The highest BCUT2D eigenvalue weighted by molar-refractivity contribution is 7.99. The van der Waals surface area contributed by atoms with E-state index < -0.39 is 0 Å². The quantitative estimate of drug-likeness (QED) is 0.548. The zero-order chi connectivity index (χ0) is 18.7. The number of aromatic nitrogens is 2. The van der Waals surface area contributed by atoms with Gasteiger partial charge in [0.25, 0.3) is 5.56 Å². The maximum Gasteiger partial charge on any atom is 0.263 e. The zero-order valence-corrected chi connectivity index (χ0v) is 17.4. The molecule has 3 rings (SSSR count). The van der Waals surface area contributed by atoms with E-state index in [1.807, 2.05) is 6.92 Å². The van der Waals surface area contributed by atoms with E-state index in [0.717, 1.165) is 48.7 Å². The Morgan fingerprint density at radius 2 is 2.15 bits per heavy atom.